The first-order chi connectivity index (χ1) is 10.3. The van der Waals surface area contributed by atoms with Crippen molar-refractivity contribution in [2.75, 3.05) is 13.1 Å². The van der Waals surface area contributed by atoms with Gasteiger partial charge in [0.05, 0.1) is 0 Å². The summed E-state index contributed by atoms with van der Waals surface area (Å²) in [5, 5.41) is 3.20. The van der Waals surface area contributed by atoms with E-state index in [9.17, 15) is 4.79 Å². The molecular weight excluding hydrogens is 264 g/mol. The lowest BCUT2D eigenvalue weighted by Gasteiger charge is -2.32. The Hall–Kier alpha value is -1.88. The van der Waals surface area contributed by atoms with Crippen molar-refractivity contribution < 1.29 is 4.79 Å². The van der Waals surface area contributed by atoms with Crippen LogP contribution >= 0.6 is 0 Å². The molecule has 0 aliphatic carbocycles. The number of rotatable bonds is 2. The maximum absolute atomic E-state index is 12.4. The molecule has 110 valence electrons. The van der Waals surface area contributed by atoms with Gasteiger partial charge in [-0.3, -0.25) is 9.69 Å². The molecule has 0 saturated carbocycles. The van der Waals surface area contributed by atoms with E-state index in [0.717, 1.165) is 18.6 Å². The Kier molecular flexibility index (Phi) is 3.15. The third-order valence-corrected chi connectivity index (χ3v) is 4.77. The predicted octanol–water partition coefficient (Wildman–Crippen LogP) is 1.69. The molecule has 1 amide bonds. The fraction of sp³-hybridized carbons (Fsp3) is 0.500. The highest BCUT2D eigenvalue weighted by Gasteiger charge is 2.36. The molecule has 0 aromatic carbocycles. The quantitative estimate of drug-likeness (QED) is 0.913. The molecule has 5 nitrogen and oxygen atoms in total. The Morgan fingerprint density at radius 2 is 2.19 bits per heavy atom. The van der Waals surface area contributed by atoms with Crippen LogP contribution in [0.3, 0.4) is 0 Å². The Labute approximate surface area is 124 Å². The standard InChI is InChI=1S/C16H20N4O/c21-16(13-11-20-9-4-2-6-15(20)17-13)18-12-7-10-19-8-3-1-5-14(12)19/h2,4,6,9,11-12,14H,1,3,5,7-8,10H2,(H,18,21). The number of pyridine rings is 1. The molecule has 2 aromatic heterocycles. The first-order valence-electron chi connectivity index (χ1n) is 7.80. The second kappa shape index (κ2) is 5.15. The fourth-order valence-electron chi connectivity index (χ4n) is 3.70. The molecule has 4 rings (SSSR count). The summed E-state index contributed by atoms with van der Waals surface area (Å²) in [4.78, 5) is 19.4. The third-order valence-electron chi connectivity index (χ3n) is 4.77. The van der Waals surface area contributed by atoms with Gasteiger partial charge in [0.2, 0.25) is 0 Å². The van der Waals surface area contributed by atoms with Crippen LogP contribution in [0.5, 0.6) is 0 Å². The number of fused-ring (bicyclic) bond motifs is 2. The molecule has 21 heavy (non-hydrogen) atoms. The number of nitrogens with zero attached hydrogens (tertiary/aromatic N) is 3. The van der Waals surface area contributed by atoms with E-state index < -0.39 is 0 Å². The maximum Gasteiger partial charge on any atom is 0.271 e. The summed E-state index contributed by atoms with van der Waals surface area (Å²) in [5.41, 5.74) is 1.32. The Morgan fingerprint density at radius 3 is 3.10 bits per heavy atom. The van der Waals surface area contributed by atoms with Crippen molar-refractivity contribution in [1.82, 2.24) is 19.6 Å². The Bertz CT molecular complexity index is 632. The van der Waals surface area contributed by atoms with Gasteiger partial charge in [-0.2, -0.15) is 0 Å². The van der Waals surface area contributed by atoms with Gasteiger partial charge in [0.25, 0.3) is 5.91 Å². The maximum atomic E-state index is 12.4. The minimum Gasteiger partial charge on any atom is -0.346 e. The van der Waals surface area contributed by atoms with Crippen LogP contribution in [-0.2, 0) is 0 Å². The molecule has 2 aromatic rings. The normalized spacial score (nSPS) is 25.9. The summed E-state index contributed by atoms with van der Waals surface area (Å²) in [6, 6.07) is 6.59. The van der Waals surface area contributed by atoms with E-state index in [1.165, 1.54) is 25.8 Å². The third kappa shape index (κ3) is 2.31. The zero-order chi connectivity index (χ0) is 14.2. The SMILES string of the molecule is O=C(NC1CCN2CCCCC12)c1cn2ccccc2n1. The zero-order valence-electron chi connectivity index (χ0n) is 12.0. The summed E-state index contributed by atoms with van der Waals surface area (Å²) in [5.74, 6) is -0.0453. The van der Waals surface area contributed by atoms with Crippen LogP contribution in [0.1, 0.15) is 36.2 Å². The molecule has 0 radical (unpaired) electrons. The van der Waals surface area contributed by atoms with Crippen molar-refractivity contribution in [3.05, 3.63) is 36.3 Å². The summed E-state index contributed by atoms with van der Waals surface area (Å²) < 4.78 is 1.89. The van der Waals surface area contributed by atoms with Crippen LogP contribution in [0.4, 0.5) is 0 Å². The second-order valence-corrected chi connectivity index (χ2v) is 6.06. The number of piperidine rings is 1. The van der Waals surface area contributed by atoms with Gasteiger partial charge in [0.15, 0.2) is 0 Å². The lowest BCUT2D eigenvalue weighted by molar-refractivity contribution is 0.0911. The first kappa shape index (κ1) is 12.8. The average molecular weight is 284 g/mol. The highest BCUT2D eigenvalue weighted by Crippen LogP contribution is 2.27. The average Bonchev–Trinajstić information content (AvgIpc) is 3.11. The highest BCUT2D eigenvalue weighted by molar-refractivity contribution is 5.93. The van der Waals surface area contributed by atoms with Gasteiger partial charge in [-0.15, -0.1) is 0 Å². The number of nitrogens with one attached hydrogen (secondary N) is 1. The van der Waals surface area contributed by atoms with Gasteiger partial charge in [-0.25, -0.2) is 4.98 Å². The minimum absolute atomic E-state index is 0.0453. The van der Waals surface area contributed by atoms with E-state index in [0.29, 0.717) is 11.7 Å². The van der Waals surface area contributed by atoms with E-state index in [4.69, 9.17) is 0 Å². The predicted molar refractivity (Wildman–Crippen MR) is 80.3 cm³/mol. The smallest absolute Gasteiger partial charge is 0.271 e. The fourth-order valence-corrected chi connectivity index (χ4v) is 3.70. The van der Waals surface area contributed by atoms with Gasteiger partial charge in [0.1, 0.15) is 11.3 Å². The van der Waals surface area contributed by atoms with E-state index in [1.807, 2.05) is 28.8 Å². The molecule has 0 bridgehead atoms. The monoisotopic (exact) mass is 284 g/mol. The van der Waals surface area contributed by atoms with Crippen LogP contribution in [0.25, 0.3) is 5.65 Å². The molecule has 2 atom stereocenters. The molecule has 2 unspecified atom stereocenters. The van der Waals surface area contributed by atoms with Crippen molar-refractivity contribution in [2.24, 2.45) is 0 Å². The summed E-state index contributed by atoms with van der Waals surface area (Å²) >= 11 is 0. The molecule has 1 N–H and O–H groups in total. The van der Waals surface area contributed by atoms with E-state index in [1.54, 1.807) is 6.20 Å². The van der Waals surface area contributed by atoms with Crippen LogP contribution in [0, 0.1) is 0 Å². The van der Waals surface area contributed by atoms with Gasteiger partial charge in [0, 0.05) is 31.0 Å². The van der Waals surface area contributed by atoms with Crippen LogP contribution in [0.15, 0.2) is 30.6 Å². The van der Waals surface area contributed by atoms with E-state index >= 15 is 0 Å². The van der Waals surface area contributed by atoms with Crippen LogP contribution in [-0.4, -0.2) is 45.4 Å². The van der Waals surface area contributed by atoms with Crippen molar-refractivity contribution in [2.45, 2.75) is 37.8 Å². The number of carbonyl (C=O) groups excluding carboxylic acids is 1. The van der Waals surface area contributed by atoms with Crippen molar-refractivity contribution in [1.29, 1.82) is 0 Å². The van der Waals surface area contributed by atoms with Crippen molar-refractivity contribution in [3.8, 4) is 0 Å². The molecule has 2 saturated heterocycles. The largest absolute Gasteiger partial charge is 0.346 e. The molecular formula is C16H20N4O. The van der Waals surface area contributed by atoms with E-state index in [2.05, 4.69) is 15.2 Å². The summed E-state index contributed by atoms with van der Waals surface area (Å²) in [6.07, 6.45) is 8.56. The number of amides is 1. The van der Waals surface area contributed by atoms with Gasteiger partial charge < -0.3 is 9.72 Å². The Morgan fingerprint density at radius 1 is 1.24 bits per heavy atom. The summed E-state index contributed by atoms with van der Waals surface area (Å²) in [7, 11) is 0. The van der Waals surface area contributed by atoms with Crippen molar-refractivity contribution >= 4 is 11.6 Å². The number of aromatic nitrogens is 2. The lowest BCUT2D eigenvalue weighted by Crippen LogP contribution is -2.46. The van der Waals surface area contributed by atoms with Crippen molar-refractivity contribution in [3.63, 3.8) is 0 Å². The summed E-state index contributed by atoms with van der Waals surface area (Å²) in [6.45, 7) is 2.30. The zero-order valence-corrected chi connectivity index (χ0v) is 12.0. The Balaban J connectivity index is 1.50. The number of hydrogen-bond donors (Lipinski definition) is 1. The number of hydrogen-bond acceptors (Lipinski definition) is 3. The minimum atomic E-state index is -0.0453. The van der Waals surface area contributed by atoms with Gasteiger partial charge in [-0.05, 0) is 37.9 Å². The van der Waals surface area contributed by atoms with Gasteiger partial charge >= 0.3 is 0 Å². The molecule has 2 aliphatic heterocycles. The number of carbonyl (C=O) groups is 1. The second-order valence-electron chi connectivity index (χ2n) is 6.06. The highest BCUT2D eigenvalue weighted by atomic mass is 16.2. The topological polar surface area (TPSA) is 49.6 Å². The first-order valence-corrected chi connectivity index (χ1v) is 7.80. The molecule has 2 fully saturated rings. The lowest BCUT2D eigenvalue weighted by atomic mass is 9.99. The van der Waals surface area contributed by atoms with Crippen LogP contribution in [0.2, 0.25) is 0 Å². The molecule has 4 heterocycles. The van der Waals surface area contributed by atoms with Crippen LogP contribution < -0.4 is 5.32 Å². The molecule has 0 spiro atoms. The number of imidazole rings is 1. The van der Waals surface area contributed by atoms with Gasteiger partial charge in [-0.1, -0.05) is 12.5 Å². The van der Waals surface area contributed by atoms with E-state index in [-0.39, 0.29) is 11.9 Å². The molecule has 2 aliphatic rings. The molecule has 5 heteroatoms.